The normalized spacial score (nSPS) is 24.9. The van der Waals surface area contributed by atoms with Gasteiger partial charge in [0.1, 0.15) is 0 Å². The van der Waals surface area contributed by atoms with Crippen molar-refractivity contribution in [1.82, 2.24) is 10.2 Å². The van der Waals surface area contributed by atoms with Crippen LogP contribution in [0.2, 0.25) is 0 Å². The smallest absolute Gasteiger partial charge is 0.222 e. The molecule has 0 spiro atoms. The first kappa shape index (κ1) is 15.1. The lowest BCUT2D eigenvalue weighted by Crippen LogP contribution is -2.43. The summed E-state index contributed by atoms with van der Waals surface area (Å²) < 4.78 is 0. The molecule has 2 aliphatic rings. The van der Waals surface area contributed by atoms with Crippen LogP contribution in [0.5, 0.6) is 0 Å². The SMILES string of the molecule is CC1CCCN(C(N)=NCCC(=O)NC2CCCC2)C1. The number of hydrogen-bond donors (Lipinski definition) is 2. The fraction of sp³-hybridized carbons (Fsp3) is 0.867. The number of rotatable bonds is 4. The number of carbonyl (C=O) groups is 1. The second kappa shape index (κ2) is 7.50. The molecule has 1 aliphatic heterocycles. The number of aliphatic imine (C=N–C) groups is 1. The number of nitrogens with two attached hydrogens (primary N) is 1. The average molecular weight is 280 g/mol. The molecule has 20 heavy (non-hydrogen) atoms. The van der Waals surface area contributed by atoms with Gasteiger partial charge >= 0.3 is 0 Å². The molecule has 2 rings (SSSR count). The van der Waals surface area contributed by atoms with Crippen LogP contribution in [0.3, 0.4) is 0 Å². The summed E-state index contributed by atoms with van der Waals surface area (Å²) in [6, 6.07) is 0.395. The lowest BCUT2D eigenvalue weighted by atomic mass is 10.0. The standard InChI is InChI=1S/C15H28N4O/c1-12-5-4-10-19(11-12)15(16)17-9-8-14(20)18-13-6-2-3-7-13/h12-13H,2-11H2,1H3,(H2,16,17)(H,18,20). The van der Waals surface area contributed by atoms with Crippen LogP contribution in [0.4, 0.5) is 0 Å². The second-order valence-corrected chi connectivity index (χ2v) is 6.23. The monoisotopic (exact) mass is 280 g/mol. The molecule has 114 valence electrons. The maximum atomic E-state index is 11.8. The molecule has 1 aliphatic carbocycles. The van der Waals surface area contributed by atoms with E-state index in [1.165, 1.54) is 25.7 Å². The van der Waals surface area contributed by atoms with Crippen LogP contribution in [0.25, 0.3) is 0 Å². The fourth-order valence-electron chi connectivity index (χ4n) is 3.14. The van der Waals surface area contributed by atoms with Crippen LogP contribution in [0.1, 0.15) is 51.9 Å². The van der Waals surface area contributed by atoms with Gasteiger partial charge in [0.05, 0.1) is 6.54 Å². The first-order chi connectivity index (χ1) is 9.65. The maximum Gasteiger partial charge on any atom is 0.222 e. The zero-order valence-electron chi connectivity index (χ0n) is 12.6. The number of carbonyl (C=O) groups excluding carboxylic acids is 1. The number of amides is 1. The molecule has 1 saturated carbocycles. The number of piperidine rings is 1. The Balaban J connectivity index is 1.67. The van der Waals surface area contributed by atoms with Crippen molar-refractivity contribution in [2.24, 2.45) is 16.6 Å². The average Bonchev–Trinajstić information content (AvgIpc) is 2.91. The van der Waals surface area contributed by atoms with Gasteiger partial charge in [-0.1, -0.05) is 19.8 Å². The Bertz CT molecular complexity index is 350. The van der Waals surface area contributed by atoms with E-state index in [9.17, 15) is 4.79 Å². The third-order valence-corrected chi connectivity index (χ3v) is 4.31. The van der Waals surface area contributed by atoms with E-state index in [0.717, 1.165) is 25.9 Å². The minimum absolute atomic E-state index is 0.112. The van der Waals surface area contributed by atoms with Crippen LogP contribution in [0, 0.1) is 5.92 Å². The molecule has 1 amide bonds. The molecule has 0 aromatic rings. The molecule has 0 aromatic heterocycles. The zero-order chi connectivity index (χ0) is 14.4. The Morgan fingerprint density at radius 2 is 2.05 bits per heavy atom. The van der Waals surface area contributed by atoms with Gasteiger partial charge < -0.3 is 16.0 Å². The Morgan fingerprint density at radius 3 is 2.75 bits per heavy atom. The van der Waals surface area contributed by atoms with E-state index in [-0.39, 0.29) is 5.91 Å². The van der Waals surface area contributed by atoms with Gasteiger partial charge in [-0.2, -0.15) is 0 Å². The van der Waals surface area contributed by atoms with Gasteiger partial charge in [0, 0.05) is 25.6 Å². The Morgan fingerprint density at radius 1 is 1.30 bits per heavy atom. The van der Waals surface area contributed by atoms with Crippen LogP contribution in [0.15, 0.2) is 4.99 Å². The highest BCUT2D eigenvalue weighted by atomic mass is 16.1. The minimum Gasteiger partial charge on any atom is -0.370 e. The van der Waals surface area contributed by atoms with Crippen LogP contribution in [-0.2, 0) is 4.79 Å². The number of nitrogens with zero attached hydrogens (tertiary/aromatic N) is 2. The van der Waals surface area contributed by atoms with Gasteiger partial charge in [-0.05, 0) is 31.6 Å². The highest BCUT2D eigenvalue weighted by Gasteiger charge is 2.18. The Kier molecular flexibility index (Phi) is 5.68. The Labute approximate surface area is 122 Å². The summed E-state index contributed by atoms with van der Waals surface area (Å²) in [6.45, 7) is 4.72. The molecule has 1 heterocycles. The van der Waals surface area contributed by atoms with E-state index in [4.69, 9.17) is 5.73 Å². The molecule has 0 bridgehead atoms. The highest BCUT2D eigenvalue weighted by molar-refractivity contribution is 5.79. The molecular weight excluding hydrogens is 252 g/mol. The molecular formula is C15H28N4O. The second-order valence-electron chi connectivity index (χ2n) is 6.23. The summed E-state index contributed by atoms with van der Waals surface area (Å²) in [6.07, 6.45) is 7.63. The third-order valence-electron chi connectivity index (χ3n) is 4.31. The van der Waals surface area contributed by atoms with Crippen molar-refractivity contribution in [3.05, 3.63) is 0 Å². The predicted octanol–water partition coefficient (Wildman–Crippen LogP) is 1.48. The number of hydrogen-bond acceptors (Lipinski definition) is 2. The molecule has 5 nitrogen and oxygen atoms in total. The van der Waals surface area contributed by atoms with Crippen molar-refractivity contribution in [1.29, 1.82) is 0 Å². The first-order valence-electron chi connectivity index (χ1n) is 7.99. The summed E-state index contributed by atoms with van der Waals surface area (Å²) in [5.41, 5.74) is 6.00. The summed E-state index contributed by atoms with van der Waals surface area (Å²) in [4.78, 5) is 18.3. The van der Waals surface area contributed by atoms with Gasteiger partial charge in [0.2, 0.25) is 5.91 Å². The number of likely N-dealkylation sites (tertiary alicyclic amines) is 1. The van der Waals surface area contributed by atoms with E-state index in [2.05, 4.69) is 22.1 Å². The van der Waals surface area contributed by atoms with Crippen molar-refractivity contribution < 1.29 is 4.79 Å². The number of guanidine groups is 1. The van der Waals surface area contributed by atoms with E-state index < -0.39 is 0 Å². The van der Waals surface area contributed by atoms with Crippen LogP contribution >= 0.6 is 0 Å². The summed E-state index contributed by atoms with van der Waals surface area (Å²) >= 11 is 0. The topological polar surface area (TPSA) is 70.7 Å². The van der Waals surface area contributed by atoms with E-state index in [1.807, 2.05) is 0 Å². The maximum absolute atomic E-state index is 11.8. The molecule has 1 saturated heterocycles. The first-order valence-corrected chi connectivity index (χ1v) is 7.99. The van der Waals surface area contributed by atoms with Gasteiger partial charge in [-0.25, -0.2) is 0 Å². The molecule has 1 unspecified atom stereocenters. The highest BCUT2D eigenvalue weighted by Crippen LogP contribution is 2.17. The van der Waals surface area contributed by atoms with Gasteiger partial charge in [-0.3, -0.25) is 9.79 Å². The van der Waals surface area contributed by atoms with E-state index >= 15 is 0 Å². The van der Waals surface area contributed by atoms with Crippen molar-refractivity contribution in [3.8, 4) is 0 Å². The number of nitrogens with one attached hydrogen (secondary N) is 1. The zero-order valence-corrected chi connectivity index (χ0v) is 12.6. The quantitative estimate of drug-likeness (QED) is 0.605. The van der Waals surface area contributed by atoms with E-state index in [0.29, 0.717) is 30.9 Å². The lowest BCUT2D eigenvalue weighted by Gasteiger charge is -2.31. The minimum atomic E-state index is 0.112. The molecule has 3 N–H and O–H groups in total. The van der Waals surface area contributed by atoms with Crippen LogP contribution in [-0.4, -0.2) is 42.4 Å². The summed E-state index contributed by atoms with van der Waals surface area (Å²) in [5.74, 6) is 1.40. The van der Waals surface area contributed by atoms with E-state index in [1.54, 1.807) is 0 Å². The van der Waals surface area contributed by atoms with Crippen molar-refractivity contribution in [2.45, 2.75) is 57.9 Å². The van der Waals surface area contributed by atoms with Crippen LogP contribution < -0.4 is 11.1 Å². The van der Waals surface area contributed by atoms with Crippen molar-refractivity contribution >= 4 is 11.9 Å². The summed E-state index contributed by atoms with van der Waals surface area (Å²) in [7, 11) is 0. The molecule has 0 aromatic carbocycles. The van der Waals surface area contributed by atoms with Crippen molar-refractivity contribution in [3.63, 3.8) is 0 Å². The van der Waals surface area contributed by atoms with Gasteiger partial charge in [0.25, 0.3) is 0 Å². The largest absolute Gasteiger partial charge is 0.370 e. The molecule has 1 atom stereocenters. The predicted molar refractivity (Wildman–Crippen MR) is 81.5 cm³/mol. The fourth-order valence-corrected chi connectivity index (χ4v) is 3.14. The summed E-state index contributed by atoms with van der Waals surface area (Å²) in [5, 5.41) is 3.08. The molecule has 2 fully saturated rings. The van der Waals surface area contributed by atoms with Gasteiger partial charge in [-0.15, -0.1) is 0 Å². The Hall–Kier alpha value is -1.26. The lowest BCUT2D eigenvalue weighted by molar-refractivity contribution is -0.121. The molecule has 5 heteroatoms. The molecule has 0 radical (unpaired) electrons. The third kappa shape index (κ3) is 4.69. The van der Waals surface area contributed by atoms with Gasteiger partial charge in [0.15, 0.2) is 5.96 Å². The van der Waals surface area contributed by atoms with Crippen molar-refractivity contribution in [2.75, 3.05) is 19.6 Å².